The van der Waals surface area contributed by atoms with Crippen molar-refractivity contribution in [1.29, 1.82) is 0 Å². The van der Waals surface area contributed by atoms with E-state index in [9.17, 15) is 4.79 Å². The molecule has 1 aliphatic rings. The van der Waals surface area contributed by atoms with Crippen LogP contribution in [0, 0.1) is 0 Å². The van der Waals surface area contributed by atoms with Gasteiger partial charge in [0, 0.05) is 49.9 Å². The molecule has 0 saturated carbocycles. The number of aryl methyl sites for hydroxylation is 2. The van der Waals surface area contributed by atoms with Gasteiger partial charge in [-0.2, -0.15) is 5.10 Å². The van der Waals surface area contributed by atoms with Gasteiger partial charge in [0.25, 0.3) is 0 Å². The molecule has 4 rings (SSSR count). The minimum absolute atomic E-state index is 0. The number of rotatable bonds is 1. The Kier molecular flexibility index (Phi) is 6.02. The molecule has 4 heterocycles. The Morgan fingerprint density at radius 2 is 1.93 bits per heavy atom. The maximum absolute atomic E-state index is 12.7. The maximum Gasteiger partial charge on any atom is 0.410 e. The molecule has 0 aromatic carbocycles. The average Bonchev–Trinajstić information content (AvgIpc) is 3.18. The predicted molar refractivity (Wildman–Crippen MR) is 121 cm³/mol. The summed E-state index contributed by atoms with van der Waals surface area (Å²) in [6, 6.07) is 1.89. The first-order valence-corrected chi connectivity index (χ1v) is 10.2. The van der Waals surface area contributed by atoms with Crippen molar-refractivity contribution in [2.45, 2.75) is 39.3 Å². The first-order valence-electron chi connectivity index (χ1n) is 9.40. The number of halogens is 3. The van der Waals surface area contributed by atoms with Crippen LogP contribution in [0.25, 0.3) is 22.3 Å². The Hall–Kier alpha value is -1.96. The Morgan fingerprint density at radius 3 is 2.53 bits per heavy atom. The monoisotopic (exact) mass is 471 g/mol. The molecule has 10 heteroatoms. The van der Waals surface area contributed by atoms with E-state index < -0.39 is 5.60 Å². The number of hydrogen-bond acceptors (Lipinski definition) is 4. The van der Waals surface area contributed by atoms with Crippen molar-refractivity contribution in [3.8, 4) is 11.4 Å². The van der Waals surface area contributed by atoms with Gasteiger partial charge in [-0.05, 0) is 26.8 Å². The van der Waals surface area contributed by atoms with E-state index in [1.165, 1.54) is 0 Å². The molecule has 30 heavy (non-hydrogen) atoms. The summed E-state index contributed by atoms with van der Waals surface area (Å²) in [6.07, 6.45) is 2.22. The summed E-state index contributed by atoms with van der Waals surface area (Å²) in [5, 5.41) is 6.02. The van der Waals surface area contributed by atoms with E-state index in [-0.39, 0.29) is 23.7 Å². The van der Waals surface area contributed by atoms with E-state index in [1.807, 2.05) is 47.1 Å². The zero-order chi connectivity index (χ0) is 21.1. The third-order valence-corrected chi connectivity index (χ3v) is 5.77. The van der Waals surface area contributed by atoms with Gasteiger partial charge in [0.1, 0.15) is 22.0 Å². The van der Waals surface area contributed by atoms with Crippen LogP contribution in [0.15, 0.2) is 12.3 Å². The highest BCUT2D eigenvalue weighted by Crippen LogP contribution is 2.41. The van der Waals surface area contributed by atoms with Crippen LogP contribution in [0.4, 0.5) is 4.79 Å². The minimum Gasteiger partial charge on any atom is -0.444 e. The van der Waals surface area contributed by atoms with Gasteiger partial charge in [0.2, 0.25) is 0 Å². The fourth-order valence-electron chi connectivity index (χ4n) is 3.81. The molecule has 3 aromatic rings. The first-order chi connectivity index (χ1) is 13.6. The SMILES string of the molecule is Cl.Cn1ccc(-c2nc(Cl)c(Cl)c3c2c2c(n3C)CCN(C(=O)OC(C)(C)C)C2)n1. The summed E-state index contributed by atoms with van der Waals surface area (Å²) >= 11 is 12.9. The molecular formula is C20H24Cl3N5O2. The number of carbonyl (C=O) groups excluding carboxylic acids is 1. The third-order valence-electron chi connectivity index (χ3n) is 5.04. The molecule has 0 N–H and O–H groups in total. The second-order valence-corrected chi connectivity index (χ2v) is 9.04. The highest BCUT2D eigenvalue weighted by Gasteiger charge is 2.32. The molecule has 0 aliphatic carbocycles. The lowest BCUT2D eigenvalue weighted by Gasteiger charge is -2.30. The number of aromatic nitrogens is 4. The summed E-state index contributed by atoms with van der Waals surface area (Å²) < 4.78 is 9.34. The van der Waals surface area contributed by atoms with Crippen molar-refractivity contribution in [3.63, 3.8) is 0 Å². The molecule has 3 aromatic heterocycles. The molecule has 0 spiro atoms. The van der Waals surface area contributed by atoms with Gasteiger partial charge < -0.3 is 14.2 Å². The van der Waals surface area contributed by atoms with Gasteiger partial charge >= 0.3 is 6.09 Å². The van der Waals surface area contributed by atoms with E-state index in [0.29, 0.717) is 35.9 Å². The van der Waals surface area contributed by atoms with Crippen LogP contribution in [0.2, 0.25) is 10.2 Å². The lowest BCUT2D eigenvalue weighted by Crippen LogP contribution is -2.40. The second kappa shape index (κ2) is 7.94. The normalized spacial score (nSPS) is 13.9. The summed E-state index contributed by atoms with van der Waals surface area (Å²) in [7, 11) is 3.82. The van der Waals surface area contributed by atoms with Gasteiger partial charge in [-0.1, -0.05) is 23.2 Å². The van der Waals surface area contributed by atoms with E-state index in [2.05, 4.69) is 14.6 Å². The number of pyridine rings is 1. The summed E-state index contributed by atoms with van der Waals surface area (Å²) in [4.78, 5) is 18.9. The third kappa shape index (κ3) is 3.86. The molecule has 0 bridgehead atoms. The van der Waals surface area contributed by atoms with Crippen LogP contribution in [-0.4, -0.2) is 42.5 Å². The molecular weight excluding hydrogens is 449 g/mol. The van der Waals surface area contributed by atoms with Crippen LogP contribution < -0.4 is 0 Å². The van der Waals surface area contributed by atoms with Gasteiger partial charge in [-0.25, -0.2) is 9.78 Å². The van der Waals surface area contributed by atoms with E-state index in [4.69, 9.17) is 27.9 Å². The molecule has 0 fully saturated rings. The highest BCUT2D eigenvalue weighted by atomic mass is 35.5. The second-order valence-electron chi connectivity index (χ2n) is 8.30. The predicted octanol–water partition coefficient (Wildman–Crippen LogP) is 5.00. The molecule has 0 radical (unpaired) electrons. The smallest absolute Gasteiger partial charge is 0.410 e. The molecule has 0 unspecified atom stereocenters. The average molecular weight is 473 g/mol. The lowest BCUT2D eigenvalue weighted by atomic mass is 10.0. The molecule has 7 nitrogen and oxygen atoms in total. The van der Waals surface area contributed by atoms with Crippen molar-refractivity contribution >= 4 is 52.6 Å². The van der Waals surface area contributed by atoms with Crippen LogP contribution >= 0.6 is 35.6 Å². The Labute approximate surface area is 191 Å². The van der Waals surface area contributed by atoms with Crippen molar-refractivity contribution in [2.75, 3.05) is 6.54 Å². The van der Waals surface area contributed by atoms with E-state index >= 15 is 0 Å². The Morgan fingerprint density at radius 1 is 1.23 bits per heavy atom. The molecule has 1 aliphatic heterocycles. The lowest BCUT2D eigenvalue weighted by molar-refractivity contribution is 0.0223. The maximum atomic E-state index is 12.7. The van der Waals surface area contributed by atoms with Gasteiger partial charge in [0.05, 0.1) is 12.1 Å². The summed E-state index contributed by atoms with van der Waals surface area (Å²) in [5.74, 6) is 0. The number of amides is 1. The first kappa shape index (κ1) is 22.7. The number of fused-ring (bicyclic) bond motifs is 3. The summed E-state index contributed by atoms with van der Waals surface area (Å²) in [5.41, 5.74) is 3.75. The Balaban J connectivity index is 0.00000256. The van der Waals surface area contributed by atoms with Crippen LogP contribution in [0.1, 0.15) is 32.0 Å². The van der Waals surface area contributed by atoms with Gasteiger partial charge in [-0.3, -0.25) is 4.68 Å². The standard InChI is InChI=1S/C20H23Cl2N5O2.ClH/c1-20(2,3)29-19(28)27-9-7-13-11(10-27)14-16(12-6-8-25(4)24-12)23-18(22)15(21)17(14)26(13)5;/h6,8H,7,9-10H2,1-5H3;1H. The highest BCUT2D eigenvalue weighted by molar-refractivity contribution is 6.44. The molecule has 0 atom stereocenters. The summed E-state index contributed by atoms with van der Waals surface area (Å²) in [6.45, 7) is 6.58. The fraction of sp³-hybridized carbons (Fsp3) is 0.450. The molecule has 1 amide bonds. The van der Waals surface area contributed by atoms with Crippen molar-refractivity contribution in [3.05, 3.63) is 33.7 Å². The molecule has 162 valence electrons. The topological polar surface area (TPSA) is 65.2 Å². The van der Waals surface area contributed by atoms with Crippen molar-refractivity contribution < 1.29 is 9.53 Å². The largest absolute Gasteiger partial charge is 0.444 e. The van der Waals surface area contributed by atoms with Crippen molar-refractivity contribution in [2.24, 2.45) is 14.1 Å². The number of hydrogen-bond donors (Lipinski definition) is 0. The van der Waals surface area contributed by atoms with E-state index in [1.54, 1.807) is 9.58 Å². The quantitative estimate of drug-likeness (QED) is 0.468. The van der Waals surface area contributed by atoms with Crippen LogP contribution in [0.5, 0.6) is 0 Å². The minimum atomic E-state index is -0.548. The molecule has 0 saturated heterocycles. The van der Waals surface area contributed by atoms with Crippen LogP contribution in [0.3, 0.4) is 0 Å². The van der Waals surface area contributed by atoms with Gasteiger partial charge in [-0.15, -0.1) is 12.4 Å². The van der Waals surface area contributed by atoms with E-state index in [0.717, 1.165) is 22.2 Å². The number of nitrogens with zero attached hydrogens (tertiary/aromatic N) is 5. The van der Waals surface area contributed by atoms with Crippen molar-refractivity contribution in [1.82, 2.24) is 24.2 Å². The number of ether oxygens (including phenoxy) is 1. The number of carbonyl (C=O) groups is 1. The Bertz CT molecular complexity index is 1130. The van der Waals surface area contributed by atoms with Crippen LogP contribution in [-0.2, 0) is 31.8 Å². The zero-order valence-electron chi connectivity index (χ0n) is 17.5. The fourth-order valence-corrected chi connectivity index (χ4v) is 4.25. The zero-order valence-corrected chi connectivity index (χ0v) is 19.8. The van der Waals surface area contributed by atoms with Gasteiger partial charge in [0.15, 0.2) is 5.15 Å².